The Balaban J connectivity index is 1.52. The van der Waals surface area contributed by atoms with E-state index >= 15 is 0 Å². The third kappa shape index (κ3) is 4.58. The fourth-order valence-corrected chi connectivity index (χ4v) is 5.30. The fourth-order valence-electron chi connectivity index (χ4n) is 5.30. The lowest BCUT2D eigenvalue weighted by molar-refractivity contribution is 0.0617. The van der Waals surface area contributed by atoms with Gasteiger partial charge in [-0.3, -0.25) is 14.3 Å². The monoisotopic (exact) mass is 574 g/mol. The molecule has 12 heteroatoms. The Labute approximate surface area is 239 Å². The van der Waals surface area contributed by atoms with Crippen LogP contribution in [-0.4, -0.2) is 56.0 Å². The number of pyridine rings is 1. The zero-order valence-corrected chi connectivity index (χ0v) is 23.3. The summed E-state index contributed by atoms with van der Waals surface area (Å²) >= 11 is 0. The van der Waals surface area contributed by atoms with E-state index in [1.807, 2.05) is 44.2 Å². The molecule has 0 fully saturated rings. The molecule has 2 aliphatic rings. The van der Waals surface area contributed by atoms with Gasteiger partial charge in [0.15, 0.2) is 11.4 Å². The fraction of sp³-hybridized carbons (Fsp3) is 0.267. The number of hydrogen-bond donors (Lipinski definition) is 0. The highest BCUT2D eigenvalue weighted by Crippen LogP contribution is 2.34. The molecule has 0 radical (unpaired) electrons. The second kappa shape index (κ2) is 10.4. The maximum Gasteiger partial charge on any atom is 0.340 e. The lowest BCUT2D eigenvalue weighted by Crippen LogP contribution is -2.63. The average molecular weight is 575 g/mol. The van der Waals surface area contributed by atoms with Crippen LogP contribution in [-0.2, 0) is 19.7 Å². The summed E-state index contributed by atoms with van der Waals surface area (Å²) in [5.74, 6) is -1.99. The van der Waals surface area contributed by atoms with Gasteiger partial charge in [-0.1, -0.05) is 36.4 Å². The highest BCUT2D eigenvalue weighted by molar-refractivity contribution is 6.00. The summed E-state index contributed by atoms with van der Waals surface area (Å²) in [6.07, 6.45) is 3.05. The molecule has 2 aliphatic heterocycles. The Morgan fingerprint density at radius 2 is 1.81 bits per heavy atom. The number of carbonyl (C=O) groups excluding carboxylic acids is 2. The number of urea groups is 1. The molecule has 0 N–H and O–H groups in total. The van der Waals surface area contributed by atoms with E-state index in [-0.39, 0.29) is 61.0 Å². The standard InChI is InChI=1S/C30H28F2N6O4/c1-18(2)36-17-37-30(41)34(3)15-24-25(21-12-33-35(14-21)13-20-9-10-22(31)11-23(20)32)27(39)28(26(29(36)40)38(24)37)42-16-19-7-5-4-6-8-19/h4-12,14,18H,13,15-17H2,1-3H3. The van der Waals surface area contributed by atoms with Crippen molar-refractivity contribution in [2.24, 2.45) is 0 Å². The first-order chi connectivity index (χ1) is 20.1. The van der Waals surface area contributed by atoms with E-state index in [1.165, 1.54) is 36.4 Å². The number of aromatic nitrogens is 3. The topological polar surface area (TPSA) is 92.9 Å². The molecule has 0 saturated carbocycles. The molecule has 2 aromatic carbocycles. The first kappa shape index (κ1) is 27.2. The van der Waals surface area contributed by atoms with Gasteiger partial charge in [0, 0.05) is 36.5 Å². The number of hydrogen-bond acceptors (Lipinski definition) is 5. The van der Waals surface area contributed by atoms with Crippen LogP contribution in [0.2, 0.25) is 0 Å². The van der Waals surface area contributed by atoms with Crippen molar-refractivity contribution in [2.45, 2.75) is 39.6 Å². The minimum absolute atomic E-state index is 0.00255. The Hall–Kier alpha value is -5.00. The van der Waals surface area contributed by atoms with E-state index in [4.69, 9.17) is 4.74 Å². The summed E-state index contributed by atoms with van der Waals surface area (Å²) in [5.41, 5.74) is 1.50. The Morgan fingerprint density at radius 1 is 1.05 bits per heavy atom. The first-order valence-electron chi connectivity index (χ1n) is 13.4. The molecule has 0 unspecified atom stereocenters. The number of amides is 3. The molecule has 0 bridgehead atoms. The summed E-state index contributed by atoms with van der Waals surface area (Å²) in [7, 11) is 1.62. The predicted molar refractivity (Wildman–Crippen MR) is 149 cm³/mol. The zero-order chi connectivity index (χ0) is 29.7. The van der Waals surface area contributed by atoms with Crippen LogP contribution in [0, 0.1) is 11.6 Å². The SMILES string of the molecule is CC(C)N1CN2C(=O)N(C)Cc3c(-c4cnn(Cc5ccc(F)cc5F)c4)c(=O)c(OCc4ccccc4)c(n32)C1=O. The molecule has 216 valence electrons. The summed E-state index contributed by atoms with van der Waals surface area (Å²) in [6.45, 7) is 3.73. The van der Waals surface area contributed by atoms with E-state index in [9.17, 15) is 23.2 Å². The third-order valence-corrected chi connectivity index (χ3v) is 7.45. The number of benzene rings is 2. The lowest BCUT2D eigenvalue weighted by Gasteiger charge is -2.46. The molecule has 42 heavy (non-hydrogen) atoms. The molecular weight excluding hydrogens is 546 g/mol. The van der Waals surface area contributed by atoms with Gasteiger partial charge in [0.2, 0.25) is 5.43 Å². The van der Waals surface area contributed by atoms with E-state index in [0.29, 0.717) is 11.3 Å². The Bertz CT molecular complexity index is 1770. The van der Waals surface area contributed by atoms with Gasteiger partial charge < -0.3 is 14.5 Å². The molecule has 6 rings (SSSR count). The summed E-state index contributed by atoms with van der Waals surface area (Å²) in [4.78, 5) is 44.5. The zero-order valence-electron chi connectivity index (χ0n) is 23.3. The normalized spacial score (nSPS) is 14.6. The molecular formula is C30H28F2N6O4. The molecule has 0 atom stereocenters. The molecule has 0 aliphatic carbocycles. The van der Waals surface area contributed by atoms with Gasteiger partial charge in [0.1, 0.15) is 24.9 Å². The van der Waals surface area contributed by atoms with Crippen LogP contribution in [0.15, 0.2) is 65.7 Å². The second-order valence-electron chi connectivity index (χ2n) is 10.6. The second-order valence-corrected chi connectivity index (χ2v) is 10.6. The highest BCUT2D eigenvalue weighted by Gasteiger charge is 2.43. The van der Waals surface area contributed by atoms with Crippen molar-refractivity contribution in [2.75, 3.05) is 18.7 Å². The molecule has 2 aromatic heterocycles. The van der Waals surface area contributed by atoms with Crippen LogP contribution < -0.4 is 15.2 Å². The van der Waals surface area contributed by atoms with Gasteiger partial charge in [-0.15, -0.1) is 0 Å². The first-order valence-corrected chi connectivity index (χ1v) is 13.4. The number of carbonyl (C=O) groups is 2. The average Bonchev–Trinajstić information content (AvgIpc) is 3.42. The molecule has 3 amide bonds. The molecule has 4 aromatic rings. The summed E-state index contributed by atoms with van der Waals surface area (Å²) < 4.78 is 36.8. The van der Waals surface area contributed by atoms with E-state index < -0.39 is 23.0 Å². The van der Waals surface area contributed by atoms with Crippen molar-refractivity contribution in [1.82, 2.24) is 24.3 Å². The summed E-state index contributed by atoms with van der Waals surface area (Å²) in [6, 6.07) is 11.9. The molecule has 0 spiro atoms. The van der Waals surface area contributed by atoms with Gasteiger partial charge >= 0.3 is 6.03 Å². The largest absolute Gasteiger partial charge is 0.482 e. The third-order valence-electron chi connectivity index (χ3n) is 7.45. The van der Waals surface area contributed by atoms with Crippen LogP contribution in [0.3, 0.4) is 0 Å². The van der Waals surface area contributed by atoms with Crippen molar-refractivity contribution < 1.29 is 23.1 Å². The Kier molecular flexibility index (Phi) is 6.76. The van der Waals surface area contributed by atoms with E-state index in [0.717, 1.165) is 17.7 Å². The smallest absolute Gasteiger partial charge is 0.340 e. The van der Waals surface area contributed by atoms with Gasteiger partial charge in [-0.05, 0) is 25.5 Å². The van der Waals surface area contributed by atoms with Gasteiger partial charge in [-0.2, -0.15) is 5.10 Å². The van der Waals surface area contributed by atoms with Gasteiger partial charge in [0.25, 0.3) is 5.91 Å². The van der Waals surface area contributed by atoms with E-state index in [1.54, 1.807) is 13.2 Å². The molecule has 0 saturated heterocycles. The maximum absolute atomic E-state index is 14.3. The van der Waals surface area contributed by atoms with Crippen molar-refractivity contribution in [1.29, 1.82) is 0 Å². The lowest BCUT2D eigenvalue weighted by atomic mass is 10.0. The van der Waals surface area contributed by atoms with Crippen LogP contribution in [0.1, 0.15) is 41.2 Å². The van der Waals surface area contributed by atoms with Crippen LogP contribution in [0.4, 0.5) is 13.6 Å². The van der Waals surface area contributed by atoms with Crippen molar-refractivity contribution in [3.8, 4) is 16.9 Å². The maximum atomic E-state index is 14.3. The number of rotatable bonds is 7. The number of nitrogens with zero attached hydrogens (tertiary/aromatic N) is 6. The van der Waals surface area contributed by atoms with Crippen molar-refractivity contribution >= 4 is 11.9 Å². The van der Waals surface area contributed by atoms with E-state index in [2.05, 4.69) is 5.10 Å². The Morgan fingerprint density at radius 3 is 2.52 bits per heavy atom. The quantitative estimate of drug-likeness (QED) is 0.334. The van der Waals surface area contributed by atoms with Crippen molar-refractivity contribution in [3.05, 3.63) is 105 Å². The predicted octanol–water partition coefficient (Wildman–Crippen LogP) is 3.94. The highest BCUT2D eigenvalue weighted by atomic mass is 19.1. The van der Waals surface area contributed by atoms with Crippen LogP contribution in [0.25, 0.3) is 11.1 Å². The molecule has 4 heterocycles. The minimum atomic E-state index is -0.711. The summed E-state index contributed by atoms with van der Waals surface area (Å²) in [5, 5.41) is 5.75. The van der Waals surface area contributed by atoms with Gasteiger partial charge in [0.05, 0.1) is 30.5 Å². The van der Waals surface area contributed by atoms with Gasteiger partial charge in [-0.25, -0.2) is 23.3 Å². The number of ether oxygens (including phenoxy) is 1. The minimum Gasteiger partial charge on any atom is -0.482 e. The van der Waals surface area contributed by atoms with Crippen LogP contribution >= 0.6 is 0 Å². The van der Waals surface area contributed by atoms with Crippen LogP contribution in [0.5, 0.6) is 5.75 Å². The van der Waals surface area contributed by atoms with Crippen molar-refractivity contribution in [3.63, 3.8) is 0 Å². The number of halogens is 2. The molecule has 10 nitrogen and oxygen atoms in total.